The quantitative estimate of drug-likeness (QED) is 0.672. The zero-order valence-corrected chi connectivity index (χ0v) is 13.9. The topological polar surface area (TPSA) is 63.2 Å². The van der Waals surface area contributed by atoms with E-state index in [0.29, 0.717) is 0 Å². The standard InChI is InChI=1S/C19H21N3O3/c23-19(25-15-17-4-2-1-3-5-17)21-20-14-16-6-8-18(9-7-16)22-10-12-24-13-11-22/h1-9,14H,10-13,15H2,(H,21,23). The lowest BCUT2D eigenvalue weighted by atomic mass is 10.2. The van der Waals surface area contributed by atoms with Crippen LogP contribution in [0.1, 0.15) is 11.1 Å². The fourth-order valence-electron chi connectivity index (χ4n) is 2.51. The van der Waals surface area contributed by atoms with Gasteiger partial charge in [-0.05, 0) is 23.3 Å². The number of nitrogens with zero attached hydrogens (tertiary/aromatic N) is 2. The van der Waals surface area contributed by atoms with Crippen LogP contribution in [0.15, 0.2) is 59.7 Å². The Morgan fingerprint density at radius 1 is 1.12 bits per heavy atom. The number of anilines is 1. The molecule has 1 N–H and O–H groups in total. The number of nitrogens with one attached hydrogen (secondary N) is 1. The van der Waals surface area contributed by atoms with Crippen molar-refractivity contribution < 1.29 is 14.3 Å². The van der Waals surface area contributed by atoms with E-state index in [4.69, 9.17) is 9.47 Å². The first-order valence-electron chi connectivity index (χ1n) is 8.24. The fraction of sp³-hybridized carbons (Fsp3) is 0.263. The predicted octanol–water partition coefficient (Wildman–Crippen LogP) is 2.78. The average Bonchev–Trinajstić information content (AvgIpc) is 2.68. The van der Waals surface area contributed by atoms with E-state index in [1.807, 2.05) is 54.6 Å². The van der Waals surface area contributed by atoms with Crippen molar-refractivity contribution in [2.45, 2.75) is 6.61 Å². The summed E-state index contributed by atoms with van der Waals surface area (Å²) in [5.74, 6) is 0. The number of benzene rings is 2. The largest absolute Gasteiger partial charge is 0.443 e. The van der Waals surface area contributed by atoms with Crippen LogP contribution in [0.3, 0.4) is 0 Å². The summed E-state index contributed by atoms with van der Waals surface area (Å²) < 4.78 is 10.4. The molecule has 0 atom stereocenters. The molecule has 1 heterocycles. The number of amides is 1. The summed E-state index contributed by atoms with van der Waals surface area (Å²) >= 11 is 0. The molecule has 1 aliphatic heterocycles. The fourth-order valence-corrected chi connectivity index (χ4v) is 2.51. The Hall–Kier alpha value is -2.86. The number of morpholine rings is 1. The molecule has 0 saturated carbocycles. The third-order valence-electron chi connectivity index (χ3n) is 3.85. The van der Waals surface area contributed by atoms with E-state index in [0.717, 1.165) is 43.1 Å². The van der Waals surface area contributed by atoms with Gasteiger partial charge in [-0.1, -0.05) is 42.5 Å². The van der Waals surface area contributed by atoms with Gasteiger partial charge in [0, 0.05) is 18.8 Å². The first kappa shape index (κ1) is 17.0. The van der Waals surface area contributed by atoms with Crippen LogP contribution in [0.4, 0.5) is 10.5 Å². The lowest BCUT2D eigenvalue weighted by molar-refractivity contribution is 0.122. The SMILES string of the molecule is O=C(NN=Cc1ccc(N2CCOCC2)cc1)OCc1ccccc1. The Balaban J connectivity index is 1.44. The zero-order chi connectivity index (χ0) is 17.3. The van der Waals surface area contributed by atoms with Crippen molar-refractivity contribution in [1.82, 2.24) is 5.43 Å². The minimum Gasteiger partial charge on any atom is -0.443 e. The third kappa shape index (κ3) is 5.32. The minimum atomic E-state index is -0.579. The van der Waals surface area contributed by atoms with Crippen molar-refractivity contribution in [3.05, 3.63) is 65.7 Å². The summed E-state index contributed by atoms with van der Waals surface area (Å²) in [5.41, 5.74) is 5.36. The van der Waals surface area contributed by atoms with Crippen LogP contribution in [0, 0.1) is 0 Å². The van der Waals surface area contributed by atoms with E-state index in [2.05, 4.69) is 15.4 Å². The number of hydrazone groups is 1. The molecule has 0 aliphatic carbocycles. The first-order valence-corrected chi connectivity index (χ1v) is 8.24. The molecule has 2 aromatic rings. The van der Waals surface area contributed by atoms with E-state index in [1.165, 1.54) is 0 Å². The van der Waals surface area contributed by atoms with Crippen molar-refractivity contribution in [2.24, 2.45) is 5.10 Å². The predicted molar refractivity (Wildman–Crippen MR) is 96.8 cm³/mol. The van der Waals surface area contributed by atoms with Gasteiger partial charge >= 0.3 is 6.09 Å². The molecule has 6 heteroatoms. The molecule has 1 aliphatic rings. The third-order valence-corrected chi connectivity index (χ3v) is 3.85. The molecule has 0 radical (unpaired) electrons. The molecule has 0 aromatic heterocycles. The highest BCUT2D eigenvalue weighted by Crippen LogP contribution is 2.15. The van der Waals surface area contributed by atoms with Crippen LogP contribution in [0.25, 0.3) is 0 Å². The number of hydrogen-bond acceptors (Lipinski definition) is 5. The van der Waals surface area contributed by atoms with Gasteiger partial charge in [-0.15, -0.1) is 0 Å². The molecule has 25 heavy (non-hydrogen) atoms. The van der Waals surface area contributed by atoms with Gasteiger partial charge in [-0.3, -0.25) is 0 Å². The van der Waals surface area contributed by atoms with Gasteiger partial charge in [0.25, 0.3) is 0 Å². The zero-order valence-electron chi connectivity index (χ0n) is 13.9. The Bertz CT molecular complexity index is 696. The molecule has 6 nitrogen and oxygen atoms in total. The molecule has 1 fully saturated rings. The second-order valence-corrected chi connectivity index (χ2v) is 5.62. The van der Waals surface area contributed by atoms with Crippen molar-refractivity contribution in [1.29, 1.82) is 0 Å². The lowest BCUT2D eigenvalue weighted by Crippen LogP contribution is -2.36. The summed E-state index contributed by atoms with van der Waals surface area (Å²) in [6, 6.07) is 17.5. The molecular formula is C19H21N3O3. The van der Waals surface area contributed by atoms with Gasteiger partial charge in [0.2, 0.25) is 0 Å². The van der Waals surface area contributed by atoms with Gasteiger partial charge in [0.1, 0.15) is 6.61 Å². The number of carbonyl (C=O) groups is 1. The molecular weight excluding hydrogens is 318 g/mol. The number of carbonyl (C=O) groups excluding carboxylic acids is 1. The maximum absolute atomic E-state index is 11.6. The number of hydrogen-bond donors (Lipinski definition) is 1. The van der Waals surface area contributed by atoms with Crippen LogP contribution in [-0.4, -0.2) is 38.6 Å². The summed E-state index contributed by atoms with van der Waals surface area (Å²) in [7, 11) is 0. The molecule has 0 unspecified atom stereocenters. The lowest BCUT2D eigenvalue weighted by Gasteiger charge is -2.28. The maximum Gasteiger partial charge on any atom is 0.428 e. The Labute approximate surface area is 147 Å². The Morgan fingerprint density at radius 2 is 1.84 bits per heavy atom. The number of ether oxygens (including phenoxy) is 2. The van der Waals surface area contributed by atoms with E-state index < -0.39 is 6.09 Å². The molecule has 0 bridgehead atoms. The monoisotopic (exact) mass is 339 g/mol. The summed E-state index contributed by atoms with van der Waals surface area (Å²) in [4.78, 5) is 13.9. The van der Waals surface area contributed by atoms with Gasteiger partial charge in [-0.25, -0.2) is 10.2 Å². The molecule has 3 rings (SSSR count). The molecule has 130 valence electrons. The Morgan fingerprint density at radius 3 is 2.56 bits per heavy atom. The molecule has 1 amide bonds. The molecule has 1 saturated heterocycles. The van der Waals surface area contributed by atoms with Crippen LogP contribution < -0.4 is 10.3 Å². The van der Waals surface area contributed by atoms with Crippen molar-refractivity contribution >= 4 is 18.0 Å². The van der Waals surface area contributed by atoms with E-state index in [1.54, 1.807) is 6.21 Å². The van der Waals surface area contributed by atoms with Crippen molar-refractivity contribution in [2.75, 3.05) is 31.2 Å². The van der Waals surface area contributed by atoms with E-state index in [-0.39, 0.29) is 6.61 Å². The normalized spacial score (nSPS) is 14.5. The number of rotatable bonds is 5. The van der Waals surface area contributed by atoms with Gasteiger partial charge < -0.3 is 14.4 Å². The highest BCUT2D eigenvalue weighted by Gasteiger charge is 2.10. The maximum atomic E-state index is 11.6. The highest BCUT2D eigenvalue weighted by molar-refractivity contribution is 5.81. The van der Waals surface area contributed by atoms with Crippen LogP contribution in [-0.2, 0) is 16.1 Å². The second kappa shape index (κ2) is 8.84. The van der Waals surface area contributed by atoms with Crippen molar-refractivity contribution in [3.63, 3.8) is 0 Å². The molecule has 2 aromatic carbocycles. The average molecular weight is 339 g/mol. The van der Waals surface area contributed by atoms with Gasteiger partial charge in [0.05, 0.1) is 19.4 Å². The summed E-state index contributed by atoms with van der Waals surface area (Å²) in [5, 5.41) is 3.91. The summed E-state index contributed by atoms with van der Waals surface area (Å²) in [6.07, 6.45) is 1.01. The van der Waals surface area contributed by atoms with Crippen LogP contribution in [0.2, 0.25) is 0 Å². The smallest absolute Gasteiger partial charge is 0.428 e. The van der Waals surface area contributed by atoms with Gasteiger partial charge in [-0.2, -0.15) is 5.10 Å². The van der Waals surface area contributed by atoms with Crippen LogP contribution >= 0.6 is 0 Å². The van der Waals surface area contributed by atoms with Gasteiger partial charge in [0.15, 0.2) is 0 Å². The van der Waals surface area contributed by atoms with Crippen LogP contribution in [0.5, 0.6) is 0 Å². The molecule has 0 spiro atoms. The first-order chi connectivity index (χ1) is 12.3. The van der Waals surface area contributed by atoms with E-state index >= 15 is 0 Å². The minimum absolute atomic E-state index is 0.219. The van der Waals surface area contributed by atoms with E-state index in [9.17, 15) is 4.79 Å². The van der Waals surface area contributed by atoms with Crippen molar-refractivity contribution in [3.8, 4) is 0 Å². The second-order valence-electron chi connectivity index (χ2n) is 5.62. The Kier molecular flexibility index (Phi) is 6.01. The highest BCUT2D eigenvalue weighted by atomic mass is 16.6. The summed E-state index contributed by atoms with van der Waals surface area (Å²) in [6.45, 7) is 3.55.